The van der Waals surface area contributed by atoms with Gasteiger partial charge in [-0.25, -0.2) is 9.67 Å². The Hall–Kier alpha value is -2.69. The summed E-state index contributed by atoms with van der Waals surface area (Å²) in [6.07, 6.45) is 3.40. The summed E-state index contributed by atoms with van der Waals surface area (Å²) < 4.78 is 1.96. The van der Waals surface area contributed by atoms with Gasteiger partial charge in [0.15, 0.2) is 5.82 Å². The van der Waals surface area contributed by atoms with Crippen LogP contribution in [0.3, 0.4) is 0 Å². The minimum absolute atomic E-state index is 0.758. The van der Waals surface area contributed by atoms with Gasteiger partial charge in [-0.15, -0.1) is 0 Å². The van der Waals surface area contributed by atoms with E-state index in [0.29, 0.717) is 0 Å². The van der Waals surface area contributed by atoms with Gasteiger partial charge in [0.05, 0.1) is 11.4 Å². The number of aromatic nitrogens is 4. The molecule has 0 saturated carbocycles. The van der Waals surface area contributed by atoms with Crippen LogP contribution in [0.15, 0.2) is 36.7 Å². The Morgan fingerprint density at radius 3 is 2.45 bits per heavy atom. The lowest BCUT2D eigenvalue weighted by molar-refractivity contribution is 0.833. The Morgan fingerprint density at radius 1 is 1.00 bits per heavy atom. The molecule has 0 saturated heterocycles. The fourth-order valence-corrected chi connectivity index (χ4v) is 2.61. The predicted octanol–water partition coefficient (Wildman–Crippen LogP) is 3.30. The Labute approximate surface area is 130 Å². The summed E-state index contributed by atoms with van der Waals surface area (Å²) in [6, 6.07) is 8.36. The molecule has 0 aliphatic rings. The third-order valence-electron chi connectivity index (χ3n) is 3.58. The molecule has 0 aliphatic heterocycles. The zero-order chi connectivity index (χ0) is 15.7. The number of hydrogen-bond donors (Lipinski definition) is 1. The first-order valence-electron chi connectivity index (χ1n) is 7.23. The molecule has 1 N–H and O–H groups in total. The van der Waals surface area contributed by atoms with Crippen LogP contribution in [0.1, 0.15) is 17.0 Å². The Balaban J connectivity index is 2.27. The van der Waals surface area contributed by atoms with Gasteiger partial charge in [0.1, 0.15) is 5.69 Å². The largest absolute Gasteiger partial charge is 0.371 e. The van der Waals surface area contributed by atoms with Crippen molar-refractivity contribution in [2.24, 2.45) is 0 Å². The van der Waals surface area contributed by atoms with E-state index in [9.17, 15) is 0 Å². The lowest BCUT2D eigenvalue weighted by Crippen LogP contribution is -2.05. The molecule has 112 valence electrons. The average Bonchev–Trinajstić information content (AvgIpc) is 2.85. The lowest BCUT2D eigenvalue weighted by Gasteiger charge is -2.14. The van der Waals surface area contributed by atoms with Gasteiger partial charge in [-0.3, -0.25) is 4.98 Å². The van der Waals surface area contributed by atoms with Crippen LogP contribution in [-0.2, 0) is 0 Å². The molecule has 2 aromatic heterocycles. The zero-order valence-electron chi connectivity index (χ0n) is 13.3. The molecule has 0 unspecified atom stereocenters. The molecule has 22 heavy (non-hydrogen) atoms. The first kappa shape index (κ1) is 14.3. The van der Waals surface area contributed by atoms with E-state index in [0.717, 1.165) is 34.2 Å². The number of benzene rings is 1. The second-order valence-electron chi connectivity index (χ2n) is 5.36. The van der Waals surface area contributed by atoms with Crippen molar-refractivity contribution in [1.29, 1.82) is 0 Å². The van der Waals surface area contributed by atoms with Crippen molar-refractivity contribution in [2.75, 3.05) is 12.4 Å². The summed E-state index contributed by atoms with van der Waals surface area (Å²) in [4.78, 5) is 8.86. The Kier molecular flexibility index (Phi) is 3.63. The fourth-order valence-electron chi connectivity index (χ4n) is 2.61. The van der Waals surface area contributed by atoms with Crippen LogP contribution < -0.4 is 5.32 Å². The summed E-state index contributed by atoms with van der Waals surface area (Å²) in [5, 5.41) is 7.72. The summed E-state index contributed by atoms with van der Waals surface area (Å²) in [5.74, 6) is 0.758. The SMILES string of the molecule is CNc1nccnc1-c1ccc(C)cc1-n1nc(C)cc1C. The second kappa shape index (κ2) is 5.60. The summed E-state index contributed by atoms with van der Waals surface area (Å²) >= 11 is 0. The maximum atomic E-state index is 4.61. The van der Waals surface area contributed by atoms with Gasteiger partial charge in [0, 0.05) is 30.7 Å². The second-order valence-corrected chi connectivity index (χ2v) is 5.36. The van der Waals surface area contributed by atoms with Crippen molar-refractivity contribution in [3.05, 3.63) is 53.6 Å². The monoisotopic (exact) mass is 293 g/mol. The highest BCUT2D eigenvalue weighted by atomic mass is 15.3. The van der Waals surface area contributed by atoms with E-state index in [1.807, 2.05) is 18.7 Å². The van der Waals surface area contributed by atoms with Crippen LogP contribution in [-0.4, -0.2) is 26.8 Å². The maximum Gasteiger partial charge on any atom is 0.152 e. The van der Waals surface area contributed by atoms with Crippen molar-refractivity contribution in [1.82, 2.24) is 19.7 Å². The van der Waals surface area contributed by atoms with Gasteiger partial charge in [-0.1, -0.05) is 12.1 Å². The normalized spacial score (nSPS) is 10.7. The van der Waals surface area contributed by atoms with Gasteiger partial charge in [-0.05, 0) is 38.5 Å². The summed E-state index contributed by atoms with van der Waals surface area (Å²) in [6.45, 7) is 6.14. The smallest absolute Gasteiger partial charge is 0.152 e. The third-order valence-corrected chi connectivity index (χ3v) is 3.58. The molecule has 0 aliphatic carbocycles. The lowest BCUT2D eigenvalue weighted by atomic mass is 10.1. The van der Waals surface area contributed by atoms with Crippen LogP contribution >= 0.6 is 0 Å². The van der Waals surface area contributed by atoms with Crippen LogP contribution in [0.2, 0.25) is 0 Å². The molecule has 1 aromatic carbocycles. The maximum absolute atomic E-state index is 4.61. The van der Waals surface area contributed by atoms with Crippen LogP contribution in [0.4, 0.5) is 5.82 Å². The number of hydrogen-bond acceptors (Lipinski definition) is 4. The van der Waals surface area contributed by atoms with Crippen LogP contribution in [0.5, 0.6) is 0 Å². The quantitative estimate of drug-likeness (QED) is 0.805. The highest BCUT2D eigenvalue weighted by Gasteiger charge is 2.15. The molecule has 0 atom stereocenters. The minimum Gasteiger partial charge on any atom is -0.371 e. The molecule has 5 nitrogen and oxygen atoms in total. The van der Waals surface area contributed by atoms with E-state index in [-0.39, 0.29) is 0 Å². The topological polar surface area (TPSA) is 55.6 Å². The van der Waals surface area contributed by atoms with Gasteiger partial charge >= 0.3 is 0 Å². The molecule has 3 aromatic rings. The highest BCUT2D eigenvalue weighted by molar-refractivity contribution is 5.78. The van der Waals surface area contributed by atoms with E-state index >= 15 is 0 Å². The average molecular weight is 293 g/mol. The van der Waals surface area contributed by atoms with Crippen molar-refractivity contribution >= 4 is 5.82 Å². The number of anilines is 1. The number of aryl methyl sites for hydroxylation is 3. The Morgan fingerprint density at radius 2 is 1.77 bits per heavy atom. The minimum atomic E-state index is 0.758. The highest BCUT2D eigenvalue weighted by Crippen LogP contribution is 2.30. The standard InChI is InChI=1S/C17H19N5/c1-11-5-6-14(16-17(18-4)20-8-7-19-16)15(9-11)22-13(3)10-12(2)21-22/h5-10H,1-4H3,(H,18,20). The van der Waals surface area contributed by atoms with Crippen molar-refractivity contribution in [3.8, 4) is 16.9 Å². The molecule has 5 heteroatoms. The van der Waals surface area contributed by atoms with Gasteiger partial charge in [0.2, 0.25) is 0 Å². The van der Waals surface area contributed by atoms with Crippen LogP contribution in [0, 0.1) is 20.8 Å². The molecule has 0 amide bonds. The van der Waals surface area contributed by atoms with Crippen molar-refractivity contribution in [3.63, 3.8) is 0 Å². The third kappa shape index (κ3) is 2.45. The van der Waals surface area contributed by atoms with Crippen molar-refractivity contribution < 1.29 is 0 Å². The number of nitrogens with zero attached hydrogens (tertiary/aromatic N) is 4. The molecule has 2 heterocycles. The summed E-state index contributed by atoms with van der Waals surface area (Å²) in [5.41, 5.74) is 6.13. The molecular formula is C17H19N5. The molecular weight excluding hydrogens is 274 g/mol. The van der Waals surface area contributed by atoms with E-state index in [4.69, 9.17) is 0 Å². The van der Waals surface area contributed by atoms with E-state index < -0.39 is 0 Å². The summed E-state index contributed by atoms with van der Waals surface area (Å²) in [7, 11) is 1.85. The fraction of sp³-hybridized carbons (Fsp3) is 0.235. The van der Waals surface area contributed by atoms with Crippen molar-refractivity contribution in [2.45, 2.75) is 20.8 Å². The van der Waals surface area contributed by atoms with Crippen LogP contribution in [0.25, 0.3) is 16.9 Å². The predicted molar refractivity (Wildman–Crippen MR) is 88.3 cm³/mol. The number of nitrogens with one attached hydrogen (secondary N) is 1. The molecule has 0 fully saturated rings. The van der Waals surface area contributed by atoms with Gasteiger partial charge in [0.25, 0.3) is 0 Å². The van der Waals surface area contributed by atoms with E-state index in [1.165, 1.54) is 5.56 Å². The molecule has 0 spiro atoms. The van der Waals surface area contributed by atoms with Gasteiger partial charge < -0.3 is 5.32 Å². The van der Waals surface area contributed by atoms with Gasteiger partial charge in [-0.2, -0.15) is 5.10 Å². The molecule has 3 rings (SSSR count). The Bertz CT molecular complexity index is 820. The molecule has 0 radical (unpaired) electrons. The van der Waals surface area contributed by atoms with E-state index in [1.54, 1.807) is 12.4 Å². The molecule has 0 bridgehead atoms. The zero-order valence-corrected chi connectivity index (χ0v) is 13.3. The van der Waals surface area contributed by atoms with E-state index in [2.05, 4.69) is 58.5 Å². The first-order valence-corrected chi connectivity index (χ1v) is 7.23. The first-order chi connectivity index (χ1) is 10.6. The number of rotatable bonds is 3.